The van der Waals surface area contributed by atoms with Crippen LogP contribution in [0.15, 0.2) is 0 Å². The van der Waals surface area contributed by atoms with Crippen LogP contribution >= 0.6 is 0 Å². The normalized spacial score (nSPS) is 63.3. The fourth-order valence-electron chi connectivity index (χ4n) is 10.3. The molecule has 1 aliphatic heterocycles. The lowest BCUT2D eigenvalue weighted by molar-refractivity contribution is -0.338. The van der Waals surface area contributed by atoms with E-state index in [9.17, 15) is 15.3 Å². The Bertz CT molecular complexity index is 751. The Labute approximate surface area is 178 Å². The van der Waals surface area contributed by atoms with E-state index in [4.69, 9.17) is 14.2 Å². The molecule has 0 aromatic heterocycles. The second-order valence-electron chi connectivity index (χ2n) is 11.1. The molecule has 5 aliphatic carbocycles. The highest BCUT2D eigenvalue weighted by Gasteiger charge is 2.88. The molecule has 7 nitrogen and oxygen atoms in total. The molecule has 6 rings (SSSR count). The fourth-order valence-corrected chi connectivity index (χ4v) is 10.3. The van der Waals surface area contributed by atoms with Crippen LogP contribution in [0.1, 0.15) is 39.0 Å². The van der Waals surface area contributed by atoms with E-state index in [1.807, 2.05) is 0 Å². The number of hydrogen-bond donors (Lipinski definition) is 3. The molecule has 5 saturated carbocycles. The van der Waals surface area contributed by atoms with Crippen molar-refractivity contribution in [1.29, 1.82) is 0 Å². The lowest BCUT2D eigenvalue weighted by Crippen LogP contribution is -2.83. The van der Waals surface area contributed by atoms with Gasteiger partial charge in [0.25, 0.3) is 0 Å². The number of fused-ring (bicyclic) bond motifs is 2. The highest BCUT2D eigenvalue weighted by molar-refractivity contribution is 5.38. The van der Waals surface area contributed by atoms with Gasteiger partial charge < -0.3 is 29.5 Å². The van der Waals surface area contributed by atoms with E-state index < -0.39 is 22.9 Å². The quantitative estimate of drug-likeness (QED) is 0.603. The highest BCUT2D eigenvalue weighted by atomic mass is 16.5. The van der Waals surface area contributed by atoms with E-state index in [-0.39, 0.29) is 47.3 Å². The summed E-state index contributed by atoms with van der Waals surface area (Å²) in [5.74, 6) is -0.262. The Morgan fingerprint density at radius 1 is 1.00 bits per heavy atom. The monoisotopic (exact) mass is 423 g/mol. The first-order valence-corrected chi connectivity index (χ1v) is 11.8. The lowest BCUT2D eigenvalue weighted by atomic mass is 9.44. The van der Waals surface area contributed by atoms with Crippen molar-refractivity contribution in [2.45, 2.75) is 80.2 Å². The molecule has 1 spiro atoms. The van der Waals surface area contributed by atoms with Crippen molar-refractivity contribution in [3.05, 3.63) is 0 Å². The fraction of sp³-hybridized carbons (Fsp3) is 1.00. The van der Waals surface area contributed by atoms with Crippen molar-refractivity contribution in [2.75, 3.05) is 34.4 Å². The largest absolute Gasteiger partial charge is 0.388 e. The first-order chi connectivity index (χ1) is 14.3. The van der Waals surface area contributed by atoms with Gasteiger partial charge in [0, 0.05) is 63.5 Å². The van der Waals surface area contributed by atoms with Crippen LogP contribution in [0.4, 0.5) is 0 Å². The first-order valence-electron chi connectivity index (χ1n) is 11.8. The number of rotatable bonds is 4. The molecule has 3 N–H and O–H groups in total. The zero-order valence-corrected chi connectivity index (χ0v) is 18.6. The maximum Gasteiger partial charge on any atom is 0.124 e. The smallest absolute Gasteiger partial charge is 0.124 e. The highest BCUT2D eigenvalue weighted by Crippen LogP contribution is 2.78. The summed E-state index contributed by atoms with van der Waals surface area (Å²) >= 11 is 0. The molecule has 1 heterocycles. The Balaban J connectivity index is 1.63. The summed E-state index contributed by atoms with van der Waals surface area (Å²) in [7, 11) is 5.13. The number of ether oxygens (including phenoxy) is 3. The van der Waals surface area contributed by atoms with Crippen molar-refractivity contribution in [1.82, 2.24) is 4.90 Å². The third kappa shape index (κ3) is 1.80. The molecule has 6 aliphatic rings. The number of piperidine rings is 1. The predicted molar refractivity (Wildman–Crippen MR) is 108 cm³/mol. The summed E-state index contributed by atoms with van der Waals surface area (Å²) in [5.41, 5.74) is -3.81. The van der Waals surface area contributed by atoms with Crippen LogP contribution in [0.25, 0.3) is 0 Å². The standard InChI is InChI=1S/C23H37NO6/c1-5-24-11-20(25)7-6-17(29-3)22-15(20)9-13(18(22)24)21(26)10-14(28-2)12-8-16(22)23(21,27)19(12)30-4/h12-19,25-27H,5-11H2,1-4H3/t12-,13+,14+,15-,16+,17+,18-,19+,20-,21+,22?,23+/m1/s1. The van der Waals surface area contributed by atoms with Gasteiger partial charge in [-0.3, -0.25) is 4.90 Å². The second-order valence-corrected chi connectivity index (χ2v) is 11.1. The molecule has 7 heteroatoms. The SMILES string of the molecule is CCN1C[C@]2(O)CC[C@H](OC)C34[C@H]1[C@H](C[C@@H]32)[C@@]1(O)C[C@H](OC)[C@H]2C[C@@H]4[C@]1(O)[C@H]2OC. The zero-order chi connectivity index (χ0) is 21.3. The molecule has 30 heavy (non-hydrogen) atoms. The van der Waals surface area contributed by atoms with Crippen LogP contribution in [0.3, 0.4) is 0 Å². The third-order valence-electron chi connectivity index (χ3n) is 10.9. The summed E-state index contributed by atoms with van der Waals surface area (Å²) in [6, 6.07) is 0.0974. The van der Waals surface area contributed by atoms with Crippen molar-refractivity contribution in [3.8, 4) is 0 Å². The van der Waals surface area contributed by atoms with E-state index in [0.717, 1.165) is 32.2 Å². The van der Waals surface area contributed by atoms with Gasteiger partial charge in [0.05, 0.1) is 23.9 Å². The number of nitrogens with zero attached hydrogens (tertiary/aromatic N) is 1. The summed E-state index contributed by atoms with van der Waals surface area (Å²) in [4.78, 5) is 2.40. The van der Waals surface area contributed by atoms with Crippen LogP contribution < -0.4 is 0 Å². The molecule has 0 radical (unpaired) electrons. The molecule has 7 bridgehead atoms. The number of likely N-dealkylation sites (tertiary alicyclic amines) is 1. The average molecular weight is 424 g/mol. The van der Waals surface area contributed by atoms with E-state index >= 15 is 0 Å². The van der Waals surface area contributed by atoms with Crippen molar-refractivity contribution in [2.24, 2.45) is 29.1 Å². The van der Waals surface area contributed by atoms with Crippen molar-refractivity contribution in [3.63, 3.8) is 0 Å². The molecule has 0 aromatic carbocycles. The van der Waals surface area contributed by atoms with Crippen LogP contribution in [-0.4, -0.2) is 95.8 Å². The van der Waals surface area contributed by atoms with Gasteiger partial charge in [0.15, 0.2) is 0 Å². The minimum Gasteiger partial charge on any atom is -0.388 e. The molecule has 6 fully saturated rings. The summed E-state index contributed by atoms with van der Waals surface area (Å²) in [6.07, 6.45) is 2.77. The Morgan fingerprint density at radius 2 is 1.77 bits per heavy atom. The minimum absolute atomic E-state index is 0.0300. The summed E-state index contributed by atoms with van der Waals surface area (Å²) in [6.45, 7) is 3.62. The van der Waals surface area contributed by atoms with Crippen LogP contribution in [0.5, 0.6) is 0 Å². The van der Waals surface area contributed by atoms with E-state index in [1.165, 1.54) is 0 Å². The number of β-amino-alcohol motifs (C(OH)–C–C–N with tert-alkyl or cyclic N) is 1. The van der Waals surface area contributed by atoms with Gasteiger partial charge in [-0.05, 0) is 38.1 Å². The van der Waals surface area contributed by atoms with Gasteiger partial charge in [0.1, 0.15) is 11.2 Å². The van der Waals surface area contributed by atoms with Gasteiger partial charge in [-0.2, -0.15) is 0 Å². The van der Waals surface area contributed by atoms with E-state index in [1.54, 1.807) is 21.3 Å². The first kappa shape index (κ1) is 20.3. The van der Waals surface area contributed by atoms with E-state index in [2.05, 4.69) is 11.8 Å². The van der Waals surface area contributed by atoms with Crippen molar-refractivity contribution >= 4 is 0 Å². The Hall–Kier alpha value is -0.280. The molecule has 0 amide bonds. The molecular formula is C23H37NO6. The molecule has 12 atom stereocenters. The lowest BCUT2D eigenvalue weighted by Gasteiger charge is -2.70. The number of methoxy groups -OCH3 is 3. The molecular weight excluding hydrogens is 386 g/mol. The number of aliphatic hydroxyl groups is 3. The van der Waals surface area contributed by atoms with Crippen molar-refractivity contribution < 1.29 is 29.5 Å². The third-order valence-corrected chi connectivity index (χ3v) is 10.9. The number of likely N-dealkylation sites (N-methyl/N-ethyl adjacent to an activating group) is 1. The maximum absolute atomic E-state index is 12.4. The predicted octanol–water partition coefficient (Wildman–Crippen LogP) is 0.399. The molecule has 1 unspecified atom stereocenters. The van der Waals surface area contributed by atoms with Gasteiger partial charge >= 0.3 is 0 Å². The summed E-state index contributed by atoms with van der Waals surface area (Å²) < 4.78 is 18.0. The van der Waals surface area contributed by atoms with Crippen LogP contribution in [0, 0.1) is 29.1 Å². The maximum atomic E-state index is 12.4. The van der Waals surface area contributed by atoms with Crippen LogP contribution in [-0.2, 0) is 14.2 Å². The topological polar surface area (TPSA) is 91.6 Å². The Kier molecular flexibility index (Phi) is 4.06. The average Bonchev–Trinajstić information content (AvgIpc) is 3.16. The van der Waals surface area contributed by atoms with Crippen LogP contribution in [0.2, 0.25) is 0 Å². The van der Waals surface area contributed by atoms with Gasteiger partial charge in [-0.1, -0.05) is 6.92 Å². The number of hydrogen-bond acceptors (Lipinski definition) is 7. The summed E-state index contributed by atoms with van der Waals surface area (Å²) in [5, 5.41) is 36.8. The molecule has 170 valence electrons. The molecule has 1 saturated heterocycles. The molecule has 0 aromatic rings. The van der Waals surface area contributed by atoms with Gasteiger partial charge in [0.2, 0.25) is 0 Å². The second kappa shape index (κ2) is 5.99. The van der Waals surface area contributed by atoms with Gasteiger partial charge in [-0.15, -0.1) is 0 Å². The van der Waals surface area contributed by atoms with E-state index in [0.29, 0.717) is 13.0 Å². The van der Waals surface area contributed by atoms with Gasteiger partial charge in [-0.25, -0.2) is 0 Å². The minimum atomic E-state index is -1.34. The zero-order valence-electron chi connectivity index (χ0n) is 18.6. The Morgan fingerprint density at radius 3 is 2.40 bits per heavy atom.